The highest BCUT2D eigenvalue weighted by atomic mass is 79.9. The maximum absolute atomic E-state index is 12.5. The van der Waals surface area contributed by atoms with Crippen LogP contribution in [0.1, 0.15) is 36.8 Å². The smallest absolute Gasteiger partial charge is 0.230 e. The third-order valence-corrected chi connectivity index (χ3v) is 3.95. The quantitative estimate of drug-likeness (QED) is 0.738. The number of nitrogens with zero attached hydrogens (tertiary/aromatic N) is 1. The van der Waals surface area contributed by atoms with E-state index >= 15 is 0 Å². The van der Waals surface area contributed by atoms with Crippen molar-refractivity contribution in [3.8, 4) is 0 Å². The van der Waals surface area contributed by atoms with E-state index in [1.807, 2.05) is 17.0 Å². The highest BCUT2D eigenvalue weighted by molar-refractivity contribution is 9.09. The molecule has 18 heavy (non-hydrogen) atoms. The largest absolute Gasteiger partial charge is 0.341 e. The van der Waals surface area contributed by atoms with E-state index in [9.17, 15) is 4.79 Å². The summed E-state index contributed by atoms with van der Waals surface area (Å²) in [5, 5.41) is 0.858. The lowest BCUT2D eigenvalue weighted by molar-refractivity contribution is -0.133. The lowest BCUT2D eigenvalue weighted by Gasteiger charge is -2.34. The fourth-order valence-electron chi connectivity index (χ4n) is 2.48. The molecule has 0 N–H and O–H groups in total. The lowest BCUT2D eigenvalue weighted by Crippen LogP contribution is -2.40. The molecule has 1 aromatic rings. The first-order valence-electron chi connectivity index (χ1n) is 6.70. The molecule has 0 heterocycles. The first-order valence-corrected chi connectivity index (χ1v) is 7.82. The van der Waals surface area contributed by atoms with Gasteiger partial charge in [-0.2, -0.15) is 0 Å². The van der Waals surface area contributed by atoms with Gasteiger partial charge in [-0.05, 0) is 24.0 Å². The summed E-state index contributed by atoms with van der Waals surface area (Å²) in [5.74, 6) is 0.415. The van der Waals surface area contributed by atoms with E-state index in [1.54, 1.807) is 0 Å². The molecule has 98 valence electrons. The summed E-state index contributed by atoms with van der Waals surface area (Å²) in [6.45, 7) is 3.87. The van der Waals surface area contributed by atoms with Gasteiger partial charge in [0.2, 0.25) is 5.91 Å². The number of carbonyl (C=O) groups excluding carboxylic acids is 1. The molecule has 1 atom stereocenters. The maximum Gasteiger partial charge on any atom is 0.230 e. The van der Waals surface area contributed by atoms with Crippen molar-refractivity contribution in [1.82, 2.24) is 4.90 Å². The molecular formula is C15H20BrNO. The second-order valence-electron chi connectivity index (χ2n) is 4.82. The molecule has 3 heteroatoms. The van der Waals surface area contributed by atoms with Gasteiger partial charge in [-0.1, -0.05) is 53.5 Å². The van der Waals surface area contributed by atoms with Gasteiger partial charge in [0.25, 0.3) is 0 Å². The Morgan fingerprint density at radius 1 is 1.39 bits per heavy atom. The molecule has 1 aromatic carbocycles. The number of alkyl halides is 1. The summed E-state index contributed by atoms with van der Waals surface area (Å²) < 4.78 is 0. The number of hydrogen-bond acceptors (Lipinski definition) is 1. The second kappa shape index (κ2) is 6.37. The number of unbranched alkanes of at least 4 members (excludes halogenated alkanes) is 1. The molecule has 0 bridgehead atoms. The van der Waals surface area contributed by atoms with Gasteiger partial charge in [0.05, 0.1) is 5.92 Å². The van der Waals surface area contributed by atoms with E-state index in [1.165, 1.54) is 11.1 Å². The zero-order valence-electron chi connectivity index (χ0n) is 10.9. The van der Waals surface area contributed by atoms with E-state index in [4.69, 9.17) is 0 Å². The fourth-order valence-corrected chi connectivity index (χ4v) is 2.91. The predicted molar refractivity (Wildman–Crippen MR) is 78.2 cm³/mol. The Bertz CT molecular complexity index is 419. The van der Waals surface area contributed by atoms with Crippen molar-refractivity contribution < 1.29 is 4.79 Å². The third-order valence-electron chi connectivity index (χ3n) is 3.60. The second-order valence-corrected chi connectivity index (χ2v) is 5.62. The van der Waals surface area contributed by atoms with E-state index in [-0.39, 0.29) is 5.92 Å². The molecule has 2 nitrogen and oxygen atoms in total. The number of fused-ring (bicyclic) bond motifs is 1. The first kappa shape index (κ1) is 13.6. The minimum absolute atomic E-state index is 0.108. The SMILES string of the molecule is CCCCN(CCBr)C(=O)C1Cc2ccccc21. The van der Waals surface area contributed by atoms with Crippen LogP contribution in [-0.2, 0) is 11.2 Å². The molecule has 0 saturated heterocycles. The molecule has 1 unspecified atom stereocenters. The zero-order valence-corrected chi connectivity index (χ0v) is 12.4. The van der Waals surface area contributed by atoms with Crippen LogP contribution in [0.3, 0.4) is 0 Å². The molecule has 0 aliphatic heterocycles. The van der Waals surface area contributed by atoms with Gasteiger partial charge in [-0.15, -0.1) is 0 Å². The van der Waals surface area contributed by atoms with Crippen LogP contribution in [0.15, 0.2) is 24.3 Å². The summed E-state index contributed by atoms with van der Waals surface area (Å²) in [6, 6.07) is 8.29. The Kier molecular flexibility index (Phi) is 4.81. The molecule has 0 fully saturated rings. The topological polar surface area (TPSA) is 20.3 Å². The Labute approximate surface area is 117 Å². The fraction of sp³-hybridized carbons (Fsp3) is 0.533. The Morgan fingerprint density at radius 2 is 2.17 bits per heavy atom. The van der Waals surface area contributed by atoms with Crippen molar-refractivity contribution in [2.45, 2.75) is 32.1 Å². The van der Waals surface area contributed by atoms with Crippen molar-refractivity contribution in [1.29, 1.82) is 0 Å². The van der Waals surface area contributed by atoms with Gasteiger partial charge in [-0.3, -0.25) is 4.79 Å². The normalized spacial score (nSPS) is 16.9. The lowest BCUT2D eigenvalue weighted by atomic mass is 9.77. The summed E-state index contributed by atoms with van der Waals surface area (Å²) in [6.07, 6.45) is 3.14. The minimum Gasteiger partial charge on any atom is -0.341 e. The van der Waals surface area contributed by atoms with Gasteiger partial charge in [0.1, 0.15) is 0 Å². The number of halogens is 1. The van der Waals surface area contributed by atoms with E-state index in [2.05, 4.69) is 35.0 Å². The van der Waals surface area contributed by atoms with Crippen LogP contribution >= 0.6 is 15.9 Å². The van der Waals surface area contributed by atoms with Crippen LogP contribution in [0.25, 0.3) is 0 Å². The molecular weight excluding hydrogens is 290 g/mol. The average Bonchev–Trinajstić information content (AvgIpc) is 2.35. The van der Waals surface area contributed by atoms with Crippen molar-refractivity contribution in [2.24, 2.45) is 0 Å². The summed E-state index contributed by atoms with van der Waals surface area (Å²) in [4.78, 5) is 14.5. The molecule has 0 aromatic heterocycles. The summed E-state index contributed by atoms with van der Waals surface area (Å²) >= 11 is 3.44. The number of carbonyl (C=O) groups is 1. The van der Waals surface area contributed by atoms with Gasteiger partial charge in [0.15, 0.2) is 0 Å². The molecule has 1 amide bonds. The predicted octanol–water partition coefficient (Wildman–Crippen LogP) is 3.35. The van der Waals surface area contributed by atoms with E-state index in [0.717, 1.165) is 37.7 Å². The van der Waals surface area contributed by atoms with Crippen LogP contribution in [0.2, 0.25) is 0 Å². The van der Waals surface area contributed by atoms with E-state index in [0.29, 0.717) is 5.91 Å². The third kappa shape index (κ3) is 2.77. The minimum atomic E-state index is 0.108. The van der Waals surface area contributed by atoms with Crippen LogP contribution in [0.4, 0.5) is 0 Å². The van der Waals surface area contributed by atoms with Crippen LogP contribution in [0.5, 0.6) is 0 Å². The monoisotopic (exact) mass is 309 g/mol. The molecule has 0 saturated carbocycles. The Morgan fingerprint density at radius 3 is 2.83 bits per heavy atom. The van der Waals surface area contributed by atoms with E-state index < -0.39 is 0 Å². The molecule has 2 rings (SSSR count). The van der Waals surface area contributed by atoms with Gasteiger partial charge in [-0.25, -0.2) is 0 Å². The Balaban J connectivity index is 2.02. The maximum atomic E-state index is 12.5. The van der Waals surface area contributed by atoms with Gasteiger partial charge >= 0.3 is 0 Å². The summed E-state index contributed by atoms with van der Waals surface area (Å²) in [5.41, 5.74) is 2.57. The van der Waals surface area contributed by atoms with Crippen LogP contribution in [-0.4, -0.2) is 29.2 Å². The number of benzene rings is 1. The average molecular weight is 310 g/mol. The van der Waals surface area contributed by atoms with Gasteiger partial charge < -0.3 is 4.90 Å². The highest BCUT2D eigenvalue weighted by Gasteiger charge is 2.34. The number of hydrogen-bond donors (Lipinski definition) is 0. The Hall–Kier alpha value is -0.830. The molecule has 1 aliphatic rings. The van der Waals surface area contributed by atoms with Gasteiger partial charge in [0, 0.05) is 18.4 Å². The zero-order chi connectivity index (χ0) is 13.0. The highest BCUT2D eigenvalue weighted by Crippen LogP contribution is 2.36. The molecule has 1 aliphatic carbocycles. The van der Waals surface area contributed by atoms with Crippen molar-refractivity contribution in [2.75, 3.05) is 18.4 Å². The van der Waals surface area contributed by atoms with Crippen molar-refractivity contribution >= 4 is 21.8 Å². The van der Waals surface area contributed by atoms with Crippen molar-refractivity contribution in [3.63, 3.8) is 0 Å². The molecule has 0 spiro atoms. The molecule has 0 radical (unpaired) electrons. The number of amides is 1. The van der Waals surface area contributed by atoms with Crippen molar-refractivity contribution in [3.05, 3.63) is 35.4 Å². The summed E-state index contributed by atoms with van der Waals surface area (Å²) in [7, 11) is 0. The number of rotatable bonds is 6. The van der Waals surface area contributed by atoms with Crippen LogP contribution in [0, 0.1) is 0 Å². The standard InChI is InChI=1S/C15H20BrNO/c1-2-3-9-17(10-8-16)15(18)14-11-12-6-4-5-7-13(12)14/h4-7,14H,2-3,8-11H2,1H3. The first-order chi connectivity index (χ1) is 8.77. The van der Waals surface area contributed by atoms with Crippen LogP contribution < -0.4 is 0 Å².